The lowest BCUT2D eigenvalue weighted by atomic mass is 10.1. The SMILES string of the molecule is CCn1c(C(C)(O)C(F)(F)F)nc2cc(Cl)c(Cl)cc21. The molecule has 1 heterocycles. The molecule has 1 N–H and O–H groups in total. The van der Waals surface area contributed by atoms with Crippen molar-refractivity contribution in [3.8, 4) is 0 Å². The number of aryl methyl sites for hydroxylation is 1. The van der Waals surface area contributed by atoms with E-state index in [-0.39, 0.29) is 22.1 Å². The van der Waals surface area contributed by atoms with Gasteiger partial charge in [-0.2, -0.15) is 13.2 Å². The summed E-state index contributed by atoms with van der Waals surface area (Å²) in [7, 11) is 0. The molecular weight excluding hydrogens is 316 g/mol. The molecule has 1 aromatic carbocycles. The maximum Gasteiger partial charge on any atom is 0.424 e. The summed E-state index contributed by atoms with van der Waals surface area (Å²) in [5.41, 5.74) is -2.41. The second-order valence-electron chi connectivity index (χ2n) is 4.50. The van der Waals surface area contributed by atoms with Gasteiger partial charge in [0.1, 0.15) is 0 Å². The van der Waals surface area contributed by atoms with Gasteiger partial charge in [-0.15, -0.1) is 0 Å². The number of fused-ring (bicyclic) bond motifs is 1. The van der Waals surface area contributed by atoms with Crippen LogP contribution in [-0.2, 0) is 12.1 Å². The quantitative estimate of drug-likeness (QED) is 0.900. The molecule has 0 bridgehead atoms. The van der Waals surface area contributed by atoms with E-state index in [1.54, 1.807) is 6.92 Å². The number of benzene rings is 1. The summed E-state index contributed by atoms with van der Waals surface area (Å²) in [6.07, 6.45) is -4.84. The van der Waals surface area contributed by atoms with Crippen LogP contribution in [0.1, 0.15) is 19.7 Å². The van der Waals surface area contributed by atoms with Crippen LogP contribution in [0.3, 0.4) is 0 Å². The zero-order chi connectivity index (χ0) is 15.3. The molecule has 0 saturated heterocycles. The van der Waals surface area contributed by atoms with Crippen molar-refractivity contribution in [2.75, 3.05) is 0 Å². The highest BCUT2D eigenvalue weighted by Gasteiger charge is 2.54. The number of halogens is 5. The van der Waals surface area contributed by atoms with Gasteiger partial charge in [-0.1, -0.05) is 23.2 Å². The molecule has 8 heteroatoms. The molecule has 3 nitrogen and oxygen atoms in total. The van der Waals surface area contributed by atoms with Gasteiger partial charge in [0.25, 0.3) is 0 Å². The number of alkyl halides is 3. The molecule has 1 atom stereocenters. The van der Waals surface area contributed by atoms with Crippen molar-refractivity contribution >= 4 is 34.2 Å². The van der Waals surface area contributed by atoms with E-state index in [0.29, 0.717) is 12.4 Å². The lowest BCUT2D eigenvalue weighted by molar-refractivity contribution is -0.262. The Balaban J connectivity index is 2.78. The molecule has 1 unspecified atom stereocenters. The van der Waals surface area contributed by atoms with E-state index in [9.17, 15) is 18.3 Å². The first kappa shape index (κ1) is 15.4. The molecule has 0 saturated carbocycles. The molecule has 2 rings (SSSR count). The molecule has 0 amide bonds. The summed E-state index contributed by atoms with van der Waals surface area (Å²) in [4.78, 5) is 3.87. The number of rotatable bonds is 2. The third-order valence-corrected chi connectivity index (χ3v) is 3.82. The van der Waals surface area contributed by atoms with Crippen LogP contribution in [0.25, 0.3) is 11.0 Å². The second kappa shape index (κ2) is 4.79. The fourth-order valence-corrected chi connectivity index (χ4v) is 2.25. The van der Waals surface area contributed by atoms with Gasteiger partial charge in [0.15, 0.2) is 5.82 Å². The molecule has 0 aliphatic carbocycles. The first-order valence-electron chi connectivity index (χ1n) is 5.74. The lowest BCUT2D eigenvalue weighted by Crippen LogP contribution is -2.41. The van der Waals surface area contributed by atoms with Gasteiger partial charge in [0.2, 0.25) is 5.60 Å². The number of nitrogens with zero attached hydrogens (tertiary/aromatic N) is 2. The Morgan fingerprint density at radius 2 is 1.80 bits per heavy atom. The van der Waals surface area contributed by atoms with E-state index in [1.165, 1.54) is 16.7 Å². The fraction of sp³-hybridized carbons (Fsp3) is 0.417. The molecule has 20 heavy (non-hydrogen) atoms. The van der Waals surface area contributed by atoms with Crippen molar-refractivity contribution in [3.63, 3.8) is 0 Å². The molecular formula is C12H11Cl2F3N2O. The zero-order valence-corrected chi connectivity index (χ0v) is 12.1. The first-order chi connectivity index (χ1) is 9.09. The predicted molar refractivity (Wildman–Crippen MR) is 71.1 cm³/mol. The largest absolute Gasteiger partial charge is 0.424 e. The fourth-order valence-electron chi connectivity index (χ4n) is 1.94. The Hall–Kier alpha value is -0.980. The van der Waals surface area contributed by atoms with Crippen LogP contribution in [-0.4, -0.2) is 20.8 Å². The summed E-state index contributed by atoms with van der Waals surface area (Å²) < 4.78 is 40.2. The number of imidazole rings is 1. The van der Waals surface area contributed by atoms with Gasteiger partial charge >= 0.3 is 6.18 Å². The van der Waals surface area contributed by atoms with E-state index in [1.807, 2.05) is 0 Å². The maximum absolute atomic E-state index is 13.0. The molecule has 110 valence electrons. The van der Waals surface area contributed by atoms with Crippen LogP contribution in [0.2, 0.25) is 10.0 Å². The predicted octanol–water partition coefficient (Wildman–Crippen LogP) is 4.13. The Kier molecular flexibility index (Phi) is 3.69. The van der Waals surface area contributed by atoms with Gasteiger partial charge in [-0.05, 0) is 26.0 Å². The summed E-state index contributed by atoms with van der Waals surface area (Å²) in [5, 5.41) is 10.2. The highest BCUT2D eigenvalue weighted by atomic mass is 35.5. The van der Waals surface area contributed by atoms with Crippen molar-refractivity contribution in [1.29, 1.82) is 0 Å². The third kappa shape index (κ3) is 2.25. The summed E-state index contributed by atoms with van der Waals surface area (Å²) in [6.45, 7) is 2.53. The van der Waals surface area contributed by atoms with E-state index in [0.717, 1.165) is 0 Å². The topological polar surface area (TPSA) is 38.0 Å². The van der Waals surface area contributed by atoms with Crippen LogP contribution in [0.4, 0.5) is 13.2 Å². The Bertz CT molecular complexity index is 665. The number of aliphatic hydroxyl groups is 1. The highest BCUT2D eigenvalue weighted by molar-refractivity contribution is 6.42. The highest BCUT2D eigenvalue weighted by Crippen LogP contribution is 2.40. The Morgan fingerprint density at radius 1 is 1.25 bits per heavy atom. The van der Waals surface area contributed by atoms with Gasteiger partial charge in [0.05, 0.1) is 21.1 Å². The Morgan fingerprint density at radius 3 is 2.30 bits per heavy atom. The average Bonchev–Trinajstić information content (AvgIpc) is 2.66. The zero-order valence-electron chi connectivity index (χ0n) is 10.6. The first-order valence-corrected chi connectivity index (χ1v) is 6.50. The van der Waals surface area contributed by atoms with Gasteiger partial charge in [0, 0.05) is 6.54 Å². The smallest absolute Gasteiger partial charge is 0.374 e. The average molecular weight is 327 g/mol. The summed E-state index contributed by atoms with van der Waals surface area (Å²) >= 11 is 11.7. The van der Waals surface area contributed by atoms with E-state index >= 15 is 0 Å². The molecule has 0 spiro atoms. The minimum absolute atomic E-state index is 0.193. The Labute approximate surface area is 122 Å². The van der Waals surface area contributed by atoms with Gasteiger partial charge < -0.3 is 9.67 Å². The van der Waals surface area contributed by atoms with Crippen molar-refractivity contribution in [1.82, 2.24) is 9.55 Å². The summed E-state index contributed by atoms with van der Waals surface area (Å²) in [6, 6.07) is 2.81. The number of hydrogen-bond acceptors (Lipinski definition) is 2. The van der Waals surface area contributed by atoms with Crippen molar-refractivity contribution < 1.29 is 18.3 Å². The molecule has 0 aliphatic rings. The molecule has 0 fully saturated rings. The second-order valence-corrected chi connectivity index (χ2v) is 5.32. The van der Waals surface area contributed by atoms with E-state index in [2.05, 4.69) is 4.98 Å². The monoisotopic (exact) mass is 326 g/mol. The molecule has 2 aromatic rings. The molecule has 0 aliphatic heterocycles. The van der Waals surface area contributed by atoms with Crippen molar-refractivity contribution in [3.05, 3.63) is 28.0 Å². The van der Waals surface area contributed by atoms with Crippen LogP contribution in [0.5, 0.6) is 0 Å². The van der Waals surface area contributed by atoms with Gasteiger partial charge in [-0.3, -0.25) is 0 Å². The van der Waals surface area contributed by atoms with E-state index in [4.69, 9.17) is 23.2 Å². The molecule has 0 radical (unpaired) electrons. The van der Waals surface area contributed by atoms with Crippen molar-refractivity contribution in [2.45, 2.75) is 32.2 Å². The minimum atomic E-state index is -4.84. The van der Waals surface area contributed by atoms with Crippen LogP contribution < -0.4 is 0 Å². The van der Waals surface area contributed by atoms with Crippen LogP contribution in [0, 0.1) is 0 Å². The number of aromatic nitrogens is 2. The minimum Gasteiger partial charge on any atom is -0.374 e. The standard InChI is InChI=1S/C12H11Cl2F3N2O/c1-3-19-9-5-7(14)6(13)4-8(9)18-10(19)11(2,20)12(15,16)17/h4-5,20H,3H2,1-2H3. The van der Waals surface area contributed by atoms with Gasteiger partial charge in [-0.25, -0.2) is 4.98 Å². The van der Waals surface area contributed by atoms with Crippen molar-refractivity contribution in [2.24, 2.45) is 0 Å². The van der Waals surface area contributed by atoms with E-state index < -0.39 is 17.6 Å². The van der Waals surface area contributed by atoms with Crippen LogP contribution >= 0.6 is 23.2 Å². The normalized spacial score (nSPS) is 15.6. The molecule has 1 aromatic heterocycles. The van der Waals surface area contributed by atoms with Crippen LogP contribution in [0.15, 0.2) is 12.1 Å². The lowest BCUT2D eigenvalue weighted by Gasteiger charge is -2.26. The third-order valence-electron chi connectivity index (χ3n) is 3.09. The maximum atomic E-state index is 13.0. The summed E-state index contributed by atoms with van der Waals surface area (Å²) in [5.74, 6) is -0.485. The number of hydrogen-bond donors (Lipinski definition) is 1.